The fourth-order valence-electron chi connectivity index (χ4n) is 5.03. The number of allylic oxidation sites excluding steroid dienone is 3. The van der Waals surface area contributed by atoms with E-state index in [4.69, 9.17) is 17.0 Å². The Labute approximate surface area is 248 Å². The number of benzene rings is 2. The van der Waals surface area contributed by atoms with Gasteiger partial charge in [-0.25, -0.2) is 4.99 Å². The minimum absolute atomic E-state index is 0.0970. The second-order valence-electron chi connectivity index (χ2n) is 9.94. The third-order valence-electron chi connectivity index (χ3n) is 7.35. The first-order valence-electron chi connectivity index (χ1n) is 13.4. The number of rotatable bonds is 9. The van der Waals surface area contributed by atoms with E-state index in [1.165, 1.54) is 10.6 Å². The van der Waals surface area contributed by atoms with Gasteiger partial charge in [0.25, 0.3) is 5.91 Å². The van der Waals surface area contributed by atoms with Gasteiger partial charge in [0.2, 0.25) is 11.0 Å². The molecule has 2 aliphatic heterocycles. The summed E-state index contributed by atoms with van der Waals surface area (Å²) < 4.78 is 6.10. The molecule has 0 bridgehead atoms. The van der Waals surface area contributed by atoms with Crippen molar-refractivity contribution < 1.29 is 14.3 Å². The molecule has 2 aromatic carbocycles. The first-order valence-corrected chi connectivity index (χ1v) is 14.6. The molecule has 0 spiro atoms. The van der Waals surface area contributed by atoms with Crippen molar-refractivity contribution in [2.24, 2.45) is 10.9 Å². The van der Waals surface area contributed by atoms with Crippen LogP contribution in [-0.4, -0.2) is 78.8 Å². The van der Waals surface area contributed by atoms with Crippen molar-refractivity contribution in [1.82, 2.24) is 15.1 Å². The SMILES string of the molecule is COc1ccc(N2CCN(CCCNC(=O)c3ccc(CN4C(=O)C5C=C(Br)C=CC5=NC4=S)cc3)CC2)cc1. The molecule has 1 N–H and O–H groups in total. The van der Waals surface area contributed by atoms with Crippen molar-refractivity contribution in [1.29, 1.82) is 0 Å². The summed E-state index contributed by atoms with van der Waals surface area (Å²) in [6.45, 7) is 5.86. The fourth-order valence-corrected chi connectivity index (χ4v) is 5.68. The van der Waals surface area contributed by atoms with Gasteiger partial charge in [0, 0.05) is 48.5 Å². The van der Waals surface area contributed by atoms with Gasteiger partial charge in [-0.2, -0.15) is 0 Å². The van der Waals surface area contributed by atoms with Crippen molar-refractivity contribution in [3.63, 3.8) is 0 Å². The molecule has 1 atom stereocenters. The second-order valence-corrected chi connectivity index (χ2v) is 11.2. The Balaban J connectivity index is 1.04. The summed E-state index contributed by atoms with van der Waals surface area (Å²) in [5.74, 6) is 0.240. The number of thiocarbonyl (C=S) groups is 1. The van der Waals surface area contributed by atoms with E-state index in [0.29, 0.717) is 24.4 Å². The van der Waals surface area contributed by atoms with Gasteiger partial charge < -0.3 is 15.0 Å². The van der Waals surface area contributed by atoms with E-state index in [9.17, 15) is 9.59 Å². The Hall–Kier alpha value is -3.34. The first-order chi connectivity index (χ1) is 19.4. The number of methoxy groups -OCH3 is 1. The number of aliphatic imine (C=N–C) groups is 1. The predicted octanol–water partition coefficient (Wildman–Crippen LogP) is 4.17. The van der Waals surface area contributed by atoms with Crippen molar-refractivity contribution in [2.75, 3.05) is 51.3 Å². The van der Waals surface area contributed by atoms with Crippen LogP contribution in [0.25, 0.3) is 0 Å². The van der Waals surface area contributed by atoms with Crippen LogP contribution in [0.3, 0.4) is 0 Å². The molecule has 8 nitrogen and oxygen atoms in total. The number of nitrogens with one attached hydrogen (secondary N) is 1. The minimum atomic E-state index is -0.437. The average Bonchev–Trinajstić information content (AvgIpc) is 2.98. The summed E-state index contributed by atoms with van der Waals surface area (Å²) in [4.78, 5) is 36.5. The summed E-state index contributed by atoms with van der Waals surface area (Å²) in [6, 6.07) is 15.5. The van der Waals surface area contributed by atoms with Gasteiger partial charge in [0.1, 0.15) is 11.7 Å². The number of anilines is 1. The molecule has 3 aliphatic rings. The minimum Gasteiger partial charge on any atom is -0.497 e. The number of amides is 2. The van der Waals surface area contributed by atoms with E-state index in [1.54, 1.807) is 19.2 Å². The summed E-state index contributed by atoms with van der Waals surface area (Å²) in [5.41, 5.74) is 3.36. The van der Waals surface area contributed by atoms with Gasteiger partial charge in [-0.15, -0.1) is 0 Å². The molecule has 0 aromatic heterocycles. The average molecular weight is 623 g/mol. The van der Waals surface area contributed by atoms with Crippen LogP contribution >= 0.6 is 28.1 Å². The lowest BCUT2D eigenvalue weighted by molar-refractivity contribution is -0.128. The van der Waals surface area contributed by atoms with E-state index in [0.717, 1.165) is 54.9 Å². The highest BCUT2D eigenvalue weighted by molar-refractivity contribution is 9.11. The molecule has 2 aromatic rings. The number of ether oxygens (including phenoxy) is 1. The maximum absolute atomic E-state index is 13.0. The van der Waals surface area contributed by atoms with E-state index in [2.05, 4.69) is 48.2 Å². The van der Waals surface area contributed by atoms with Gasteiger partial charge >= 0.3 is 0 Å². The zero-order valence-electron chi connectivity index (χ0n) is 22.4. The van der Waals surface area contributed by atoms with Gasteiger partial charge in [-0.1, -0.05) is 34.1 Å². The number of halogens is 1. The molecule has 2 heterocycles. The molecule has 1 fully saturated rings. The molecule has 0 saturated carbocycles. The highest BCUT2D eigenvalue weighted by Gasteiger charge is 2.34. The summed E-state index contributed by atoms with van der Waals surface area (Å²) in [6.07, 6.45) is 6.40. The zero-order chi connectivity index (χ0) is 28.1. The number of piperazine rings is 1. The van der Waals surface area contributed by atoms with Crippen LogP contribution in [0.15, 0.2) is 76.2 Å². The molecule has 40 heavy (non-hydrogen) atoms. The number of fused-ring (bicyclic) bond motifs is 1. The molecule has 10 heteroatoms. The standard InChI is InChI=1S/C30H32BrN5O3S/c1-39-25-10-8-24(9-11-25)35-17-15-34(16-18-35)14-2-13-32-28(37)22-5-3-21(4-6-22)20-36-29(38)26-19-23(31)7-12-27(26)33-30(36)40/h3-12,19,26H,2,13-18,20H2,1H3,(H,32,37). The lowest BCUT2D eigenvalue weighted by Gasteiger charge is -2.36. The normalized spacial score (nSPS) is 19.2. The van der Waals surface area contributed by atoms with Crippen LogP contribution in [0.2, 0.25) is 0 Å². The zero-order valence-corrected chi connectivity index (χ0v) is 24.8. The fraction of sp³-hybridized carbons (Fsp3) is 0.333. The number of carbonyl (C=O) groups is 2. The van der Waals surface area contributed by atoms with E-state index in [-0.39, 0.29) is 16.9 Å². The second kappa shape index (κ2) is 12.9. The van der Waals surface area contributed by atoms with Gasteiger partial charge in [0.15, 0.2) is 0 Å². The summed E-state index contributed by atoms with van der Waals surface area (Å²) in [7, 11) is 1.68. The van der Waals surface area contributed by atoms with Gasteiger partial charge in [-0.05, 0) is 79.3 Å². The van der Waals surface area contributed by atoms with Gasteiger partial charge in [-0.3, -0.25) is 19.4 Å². The quantitative estimate of drug-likeness (QED) is 0.335. The molecule has 2 amide bonds. The van der Waals surface area contributed by atoms with Crippen LogP contribution in [0.5, 0.6) is 5.75 Å². The largest absolute Gasteiger partial charge is 0.497 e. The van der Waals surface area contributed by atoms with Crippen molar-refractivity contribution >= 4 is 56.5 Å². The Morgan fingerprint density at radius 1 is 1.07 bits per heavy atom. The molecule has 1 aliphatic carbocycles. The molecular weight excluding hydrogens is 590 g/mol. The van der Waals surface area contributed by atoms with Crippen molar-refractivity contribution in [2.45, 2.75) is 13.0 Å². The van der Waals surface area contributed by atoms with Crippen LogP contribution < -0.4 is 15.0 Å². The van der Waals surface area contributed by atoms with E-state index in [1.807, 2.05) is 42.5 Å². The number of hydrogen-bond acceptors (Lipinski definition) is 6. The molecule has 1 saturated heterocycles. The Morgan fingerprint density at radius 3 is 2.50 bits per heavy atom. The van der Waals surface area contributed by atoms with Crippen molar-refractivity contribution in [3.05, 3.63) is 82.4 Å². The molecule has 1 unspecified atom stereocenters. The van der Waals surface area contributed by atoms with Crippen LogP contribution in [0.1, 0.15) is 22.3 Å². The maximum atomic E-state index is 13.0. The maximum Gasteiger partial charge on any atom is 0.251 e. The molecule has 5 rings (SSSR count). The van der Waals surface area contributed by atoms with Gasteiger partial charge in [0.05, 0.1) is 19.4 Å². The van der Waals surface area contributed by atoms with Crippen molar-refractivity contribution in [3.8, 4) is 5.75 Å². The highest BCUT2D eigenvalue weighted by Crippen LogP contribution is 2.26. The smallest absolute Gasteiger partial charge is 0.251 e. The molecule has 0 radical (unpaired) electrons. The Kier molecular flexibility index (Phi) is 9.08. The van der Waals surface area contributed by atoms with Crippen LogP contribution in [0, 0.1) is 5.92 Å². The highest BCUT2D eigenvalue weighted by atomic mass is 79.9. The Morgan fingerprint density at radius 2 is 1.80 bits per heavy atom. The first kappa shape index (κ1) is 28.2. The van der Waals surface area contributed by atoms with Crippen LogP contribution in [-0.2, 0) is 11.3 Å². The molecule has 208 valence electrons. The molecular formula is C30H32BrN5O3S. The number of hydrogen-bond donors (Lipinski definition) is 1. The number of carbonyl (C=O) groups excluding carboxylic acids is 2. The monoisotopic (exact) mass is 621 g/mol. The lowest BCUT2D eigenvalue weighted by atomic mass is 9.95. The topological polar surface area (TPSA) is 77.5 Å². The summed E-state index contributed by atoms with van der Waals surface area (Å²) >= 11 is 8.82. The Bertz CT molecular complexity index is 1350. The third-order valence-corrected chi connectivity index (χ3v) is 8.19. The summed E-state index contributed by atoms with van der Waals surface area (Å²) in [5, 5.41) is 3.29. The van der Waals surface area contributed by atoms with E-state index < -0.39 is 5.92 Å². The predicted molar refractivity (Wildman–Crippen MR) is 165 cm³/mol. The van der Waals surface area contributed by atoms with E-state index >= 15 is 0 Å². The number of nitrogens with zero attached hydrogens (tertiary/aromatic N) is 4. The third kappa shape index (κ3) is 6.68. The lowest BCUT2D eigenvalue weighted by Crippen LogP contribution is -2.47. The van der Waals surface area contributed by atoms with Crippen LogP contribution in [0.4, 0.5) is 5.69 Å².